The predicted octanol–water partition coefficient (Wildman–Crippen LogP) is 3.01. The fraction of sp³-hybridized carbons (Fsp3) is 0.412. The van der Waals surface area contributed by atoms with E-state index in [4.69, 9.17) is 11.5 Å². The van der Waals surface area contributed by atoms with Gasteiger partial charge in [-0.25, -0.2) is 15.0 Å². The van der Waals surface area contributed by atoms with Crippen LogP contribution in [0.2, 0.25) is 0 Å². The average molecular weight is 482 g/mol. The molecule has 136 valence electrons. The van der Waals surface area contributed by atoms with Crippen molar-refractivity contribution in [2.24, 2.45) is 17.6 Å². The summed E-state index contributed by atoms with van der Waals surface area (Å²) in [6.45, 7) is 0.421. The third kappa shape index (κ3) is 3.34. The number of thioether (sulfide) groups is 1. The summed E-state index contributed by atoms with van der Waals surface area (Å²) >= 11 is 3.99. The maximum Gasteiger partial charge on any atom is 0.219 e. The minimum absolute atomic E-state index is 0.222. The summed E-state index contributed by atoms with van der Waals surface area (Å²) in [5.41, 5.74) is 12.5. The number of allylic oxidation sites excluding steroid dienone is 3. The lowest BCUT2D eigenvalue weighted by Crippen LogP contribution is -2.14. The first-order valence-corrected chi connectivity index (χ1v) is 10.4. The molecule has 1 fully saturated rings. The molecule has 1 amide bonds. The van der Waals surface area contributed by atoms with Crippen LogP contribution in [-0.2, 0) is 11.3 Å². The molecule has 2 aliphatic carbocycles. The van der Waals surface area contributed by atoms with Crippen molar-refractivity contribution in [3.63, 3.8) is 0 Å². The van der Waals surface area contributed by atoms with Crippen molar-refractivity contribution in [2.45, 2.75) is 37.4 Å². The summed E-state index contributed by atoms with van der Waals surface area (Å²) < 4.78 is 3.16. The van der Waals surface area contributed by atoms with Gasteiger partial charge in [-0.1, -0.05) is 30.3 Å². The Morgan fingerprint density at radius 2 is 2.08 bits per heavy atom. The van der Waals surface area contributed by atoms with Crippen molar-refractivity contribution in [3.05, 3.63) is 27.0 Å². The fourth-order valence-electron chi connectivity index (χ4n) is 3.59. The van der Waals surface area contributed by atoms with E-state index in [1.54, 1.807) is 11.8 Å². The topological polar surface area (TPSA) is 113 Å². The highest BCUT2D eigenvalue weighted by Gasteiger charge is 2.29. The molecule has 26 heavy (non-hydrogen) atoms. The summed E-state index contributed by atoms with van der Waals surface area (Å²) in [6.07, 6.45) is 10.2. The molecule has 1 saturated carbocycles. The number of carbonyl (C=O) groups is 1. The molecule has 0 aromatic carbocycles. The van der Waals surface area contributed by atoms with Crippen LogP contribution in [0.3, 0.4) is 0 Å². The van der Waals surface area contributed by atoms with Crippen LogP contribution < -0.4 is 11.5 Å². The first-order chi connectivity index (χ1) is 12.5. The van der Waals surface area contributed by atoms with Gasteiger partial charge in [-0.3, -0.25) is 4.79 Å². The summed E-state index contributed by atoms with van der Waals surface area (Å²) in [4.78, 5) is 25.5. The number of primary amides is 1. The molecular weight excluding hydrogens is 463 g/mol. The van der Waals surface area contributed by atoms with Gasteiger partial charge in [-0.05, 0) is 47.3 Å². The first kappa shape index (κ1) is 17.8. The molecule has 2 aromatic heterocycles. The molecule has 0 aliphatic heterocycles. The molecule has 9 heteroatoms. The molecule has 2 aromatic rings. The highest BCUT2D eigenvalue weighted by Crippen LogP contribution is 2.46. The number of anilines is 1. The first-order valence-electron chi connectivity index (χ1n) is 8.55. The molecule has 0 saturated heterocycles. The number of hydrogen-bond donors (Lipinski definition) is 2. The molecule has 2 atom stereocenters. The average Bonchev–Trinajstić information content (AvgIpc) is 3.18. The van der Waals surface area contributed by atoms with Crippen LogP contribution in [-0.4, -0.2) is 25.4 Å². The SMILES string of the molecule is NC(=O)CCn1c(SC2=CC3CCCC3C=C2I)nc2c(N)ncnc21. The second-order valence-corrected chi connectivity index (χ2v) is 8.77. The summed E-state index contributed by atoms with van der Waals surface area (Å²) in [5, 5.41) is 0.763. The van der Waals surface area contributed by atoms with Crippen LogP contribution in [0.15, 0.2) is 32.1 Å². The van der Waals surface area contributed by atoms with Crippen LogP contribution in [0.5, 0.6) is 0 Å². The van der Waals surface area contributed by atoms with Crippen LogP contribution >= 0.6 is 34.4 Å². The van der Waals surface area contributed by atoms with Gasteiger partial charge in [-0.15, -0.1) is 0 Å². The van der Waals surface area contributed by atoms with Crippen molar-refractivity contribution < 1.29 is 4.79 Å². The number of rotatable bonds is 5. The minimum atomic E-state index is -0.356. The molecule has 2 unspecified atom stereocenters. The van der Waals surface area contributed by atoms with E-state index in [0.29, 0.717) is 35.4 Å². The van der Waals surface area contributed by atoms with E-state index >= 15 is 0 Å². The van der Waals surface area contributed by atoms with Crippen molar-refractivity contribution >= 4 is 57.2 Å². The zero-order valence-corrected chi connectivity index (χ0v) is 17.0. The quantitative estimate of drug-likeness (QED) is 0.634. The van der Waals surface area contributed by atoms with Crippen molar-refractivity contribution in [1.82, 2.24) is 19.5 Å². The van der Waals surface area contributed by atoms with Crippen molar-refractivity contribution in [1.29, 1.82) is 0 Å². The van der Waals surface area contributed by atoms with Gasteiger partial charge >= 0.3 is 0 Å². The predicted molar refractivity (Wildman–Crippen MR) is 110 cm³/mol. The van der Waals surface area contributed by atoms with Crippen molar-refractivity contribution in [3.8, 4) is 0 Å². The Hall–Kier alpha value is -1.62. The Balaban J connectivity index is 1.71. The molecule has 4 N–H and O–H groups in total. The monoisotopic (exact) mass is 482 g/mol. The number of hydrogen-bond acceptors (Lipinski definition) is 6. The molecule has 0 spiro atoms. The van der Waals surface area contributed by atoms with E-state index in [2.05, 4.69) is 49.7 Å². The largest absolute Gasteiger partial charge is 0.382 e. The van der Waals surface area contributed by atoms with Crippen LogP contribution in [0.25, 0.3) is 11.2 Å². The molecular formula is C17H19IN6OS. The zero-order chi connectivity index (χ0) is 18.3. The van der Waals surface area contributed by atoms with Gasteiger partial charge < -0.3 is 16.0 Å². The van der Waals surface area contributed by atoms with E-state index < -0.39 is 0 Å². The number of carbonyl (C=O) groups excluding carboxylic acids is 1. The normalized spacial score (nSPS) is 22.2. The third-order valence-electron chi connectivity index (χ3n) is 4.89. The van der Waals surface area contributed by atoms with E-state index in [9.17, 15) is 4.79 Å². The van der Waals surface area contributed by atoms with Gasteiger partial charge in [-0.2, -0.15) is 0 Å². The Kier molecular flexibility index (Phi) is 4.91. The van der Waals surface area contributed by atoms with Crippen LogP contribution in [0, 0.1) is 11.8 Å². The molecule has 0 bridgehead atoms. The number of nitrogens with zero attached hydrogens (tertiary/aromatic N) is 4. The highest BCUT2D eigenvalue weighted by atomic mass is 127. The second kappa shape index (κ2) is 7.18. The van der Waals surface area contributed by atoms with Gasteiger partial charge in [0.15, 0.2) is 22.1 Å². The Labute approximate surface area is 168 Å². The minimum Gasteiger partial charge on any atom is -0.382 e. The summed E-state index contributed by atoms with van der Waals surface area (Å²) in [6, 6.07) is 0. The Morgan fingerprint density at radius 3 is 2.85 bits per heavy atom. The molecule has 2 aliphatic rings. The fourth-order valence-corrected chi connectivity index (χ4v) is 5.59. The van der Waals surface area contributed by atoms with Gasteiger partial charge in [0.25, 0.3) is 0 Å². The third-order valence-corrected chi connectivity index (χ3v) is 7.27. The maximum absolute atomic E-state index is 11.3. The standard InChI is InChI=1S/C17H19IN6OS/c18-11-6-9-2-1-3-10(9)7-12(11)26-17-23-14-15(20)21-8-22-16(14)24(17)5-4-13(19)25/h6-10H,1-5H2,(H2,19,25)(H2,20,21,22). The Morgan fingerprint density at radius 1 is 1.31 bits per heavy atom. The lowest BCUT2D eigenvalue weighted by molar-refractivity contribution is -0.118. The van der Waals surface area contributed by atoms with E-state index in [1.807, 2.05) is 4.57 Å². The number of imidazole rings is 1. The molecule has 4 rings (SSSR count). The van der Waals surface area contributed by atoms with Gasteiger partial charge in [0.05, 0.1) is 0 Å². The maximum atomic E-state index is 11.3. The molecule has 2 heterocycles. The zero-order valence-electron chi connectivity index (χ0n) is 14.1. The molecule has 0 radical (unpaired) electrons. The number of nitrogens with two attached hydrogens (primary N) is 2. The van der Waals surface area contributed by atoms with Crippen LogP contribution in [0.4, 0.5) is 5.82 Å². The van der Waals surface area contributed by atoms with Crippen LogP contribution in [0.1, 0.15) is 25.7 Å². The lowest BCUT2D eigenvalue weighted by Gasteiger charge is -2.21. The van der Waals surface area contributed by atoms with Gasteiger partial charge in [0.1, 0.15) is 6.33 Å². The molecule has 7 nitrogen and oxygen atoms in total. The Bertz CT molecular complexity index is 937. The van der Waals surface area contributed by atoms with E-state index in [-0.39, 0.29) is 12.3 Å². The number of nitrogen functional groups attached to an aromatic ring is 1. The number of aromatic nitrogens is 4. The highest BCUT2D eigenvalue weighted by molar-refractivity contribution is 14.1. The van der Waals surface area contributed by atoms with Gasteiger partial charge in [0, 0.05) is 21.5 Å². The number of halogens is 1. The summed E-state index contributed by atoms with van der Waals surface area (Å²) in [7, 11) is 0. The number of aryl methyl sites for hydroxylation is 1. The van der Waals surface area contributed by atoms with Crippen molar-refractivity contribution in [2.75, 3.05) is 5.73 Å². The van der Waals surface area contributed by atoms with E-state index in [1.165, 1.54) is 34.1 Å². The number of amides is 1. The number of fused-ring (bicyclic) bond motifs is 2. The van der Waals surface area contributed by atoms with Gasteiger partial charge in [0.2, 0.25) is 5.91 Å². The lowest BCUT2D eigenvalue weighted by atomic mass is 9.92. The second-order valence-electron chi connectivity index (χ2n) is 6.60. The smallest absolute Gasteiger partial charge is 0.219 e. The summed E-state index contributed by atoms with van der Waals surface area (Å²) in [5.74, 6) is 1.27. The van der Waals surface area contributed by atoms with E-state index in [0.717, 1.165) is 5.16 Å².